The van der Waals surface area contributed by atoms with Gasteiger partial charge in [0.15, 0.2) is 12.1 Å². The largest absolute Gasteiger partial charge is 0.391 e. The van der Waals surface area contributed by atoms with Crippen LogP contribution in [0.5, 0.6) is 0 Å². The van der Waals surface area contributed by atoms with Gasteiger partial charge in [-0.25, -0.2) is 0 Å². The number of carbonyl (C=O) groups excluding carboxylic acids is 1. The molecule has 1 aliphatic carbocycles. The fourth-order valence-corrected chi connectivity index (χ4v) is 2.46. The first-order valence-electron chi connectivity index (χ1n) is 5.66. The van der Waals surface area contributed by atoms with Gasteiger partial charge in [0.05, 0.1) is 6.10 Å². The Balaban J connectivity index is 2.08. The van der Waals surface area contributed by atoms with E-state index in [1.165, 1.54) is 6.42 Å². The zero-order valence-corrected chi connectivity index (χ0v) is 9.02. The van der Waals surface area contributed by atoms with Crippen molar-refractivity contribution in [3.05, 3.63) is 0 Å². The number of rotatable bonds is 2. The van der Waals surface area contributed by atoms with Gasteiger partial charge in [-0.15, -0.1) is 0 Å². The molecule has 1 heterocycles. The fraction of sp³-hybridized carbons (Fsp3) is 0.909. The van der Waals surface area contributed by atoms with Crippen LogP contribution >= 0.6 is 0 Å². The number of aliphatic hydroxyl groups is 1. The maximum absolute atomic E-state index is 10.8. The highest BCUT2D eigenvalue weighted by Gasteiger charge is 2.49. The van der Waals surface area contributed by atoms with Crippen LogP contribution in [0.4, 0.5) is 0 Å². The molecule has 2 aliphatic rings. The van der Waals surface area contributed by atoms with Crippen molar-refractivity contribution in [3.63, 3.8) is 0 Å². The Morgan fingerprint density at radius 2 is 2.00 bits per heavy atom. The third-order valence-electron chi connectivity index (χ3n) is 3.25. The molecule has 4 nitrogen and oxygen atoms in total. The highest BCUT2D eigenvalue weighted by atomic mass is 16.8. The zero-order chi connectivity index (χ0) is 10.9. The normalized spacial score (nSPS) is 36.7. The molecule has 3 atom stereocenters. The molecule has 0 aromatic rings. The fourth-order valence-electron chi connectivity index (χ4n) is 2.46. The van der Waals surface area contributed by atoms with Crippen molar-refractivity contribution < 1.29 is 19.4 Å². The first kappa shape index (κ1) is 11.0. The molecule has 0 amide bonds. The molecule has 2 fully saturated rings. The molecule has 0 aromatic carbocycles. The van der Waals surface area contributed by atoms with Crippen molar-refractivity contribution >= 4 is 6.29 Å². The summed E-state index contributed by atoms with van der Waals surface area (Å²) in [5, 5.41) is 9.50. The van der Waals surface area contributed by atoms with Crippen LogP contribution in [0.15, 0.2) is 0 Å². The number of hydrogen-bond donors (Lipinski definition) is 1. The van der Waals surface area contributed by atoms with E-state index in [-0.39, 0.29) is 0 Å². The lowest BCUT2D eigenvalue weighted by atomic mass is 9.94. The molecule has 86 valence electrons. The van der Waals surface area contributed by atoms with Gasteiger partial charge in [-0.05, 0) is 19.8 Å². The predicted molar refractivity (Wildman–Crippen MR) is 53.3 cm³/mol. The summed E-state index contributed by atoms with van der Waals surface area (Å²) in [6.07, 6.45) is 3.96. The minimum absolute atomic E-state index is 0.499. The lowest BCUT2D eigenvalue weighted by Gasteiger charge is -2.31. The Hall–Kier alpha value is -0.450. The summed E-state index contributed by atoms with van der Waals surface area (Å²) in [6, 6.07) is 0. The molecule has 4 heteroatoms. The summed E-state index contributed by atoms with van der Waals surface area (Å²) in [5.74, 6) is -0.592. The Morgan fingerprint density at radius 1 is 1.33 bits per heavy atom. The van der Waals surface area contributed by atoms with E-state index in [9.17, 15) is 9.90 Å². The number of aliphatic hydroxyl groups excluding tert-OH is 1. The van der Waals surface area contributed by atoms with Gasteiger partial charge in [-0.2, -0.15) is 0 Å². The van der Waals surface area contributed by atoms with Crippen molar-refractivity contribution in [2.24, 2.45) is 0 Å². The molecule has 0 bridgehead atoms. The van der Waals surface area contributed by atoms with Gasteiger partial charge in [0.2, 0.25) is 0 Å². The minimum atomic E-state index is -0.665. The third-order valence-corrected chi connectivity index (χ3v) is 3.25. The highest BCUT2D eigenvalue weighted by molar-refractivity contribution is 5.58. The van der Waals surface area contributed by atoms with Gasteiger partial charge in [-0.3, -0.25) is 0 Å². The molecule has 0 radical (unpaired) electrons. The van der Waals surface area contributed by atoms with Gasteiger partial charge in [0, 0.05) is 12.8 Å². The van der Waals surface area contributed by atoms with Crippen LogP contribution in [0.3, 0.4) is 0 Å². The second-order valence-electron chi connectivity index (χ2n) is 4.51. The van der Waals surface area contributed by atoms with Gasteiger partial charge >= 0.3 is 0 Å². The van der Waals surface area contributed by atoms with Gasteiger partial charge in [0.1, 0.15) is 12.2 Å². The Morgan fingerprint density at radius 3 is 2.47 bits per heavy atom. The van der Waals surface area contributed by atoms with Crippen molar-refractivity contribution in [1.82, 2.24) is 0 Å². The molecular formula is C11H18O4. The minimum Gasteiger partial charge on any atom is -0.391 e. The second kappa shape index (κ2) is 4.20. The van der Waals surface area contributed by atoms with Crippen LogP contribution in [-0.4, -0.2) is 35.5 Å². The lowest BCUT2D eigenvalue weighted by Crippen LogP contribution is -2.35. The number of hydrogen-bond acceptors (Lipinski definition) is 4. The molecule has 1 spiro atoms. The topological polar surface area (TPSA) is 55.8 Å². The van der Waals surface area contributed by atoms with Crippen LogP contribution in [0.25, 0.3) is 0 Å². The number of carbonyl (C=O) groups is 1. The number of ether oxygens (including phenoxy) is 2. The van der Waals surface area contributed by atoms with E-state index >= 15 is 0 Å². The van der Waals surface area contributed by atoms with Crippen molar-refractivity contribution in [3.8, 4) is 0 Å². The molecule has 0 aromatic heterocycles. The standard InChI is InChI=1S/C11H18O4/c1-8(13)10-9(7-12)14-11(15-10)5-3-2-4-6-11/h7-10,13H,2-6H2,1H3/t8-,9+,10-/m0/s1. The van der Waals surface area contributed by atoms with E-state index < -0.39 is 24.1 Å². The molecule has 2 rings (SSSR count). The molecule has 15 heavy (non-hydrogen) atoms. The van der Waals surface area contributed by atoms with E-state index in [1.807, 2.05) is 0 Å². The van der Waals surface area contributed by atoms with Crippen LogP contribution < -0.4 is 0 Å². The molecule has 1 saturated carbocycles. The van der Waals surface area contributed by atoms with E-state index in [0.717, 1.165) is 32.0 Å². The maximum Gasteiger partial charge on any atom is 0.170 e. The molecular weight excluding hydrogens is 196 g/mol. The Kier molecular flexibility index (Phi) is 3.09. The second-order valence-corrected chi connectivity index (χ2v) is 4.51. The van der Waals surface area contributed by atoms with Gasteiger partial charge in [0.25, 0.3) is 0 Å². The van der Waals surface area contributed by atoms with Crippen LogP contribution in [0, 0.1) is 0 Å². The monoisotopic (exact) mass is 214 g/mol. The van der Waals surface area contributed by atoms with Crippen molar-refractivity contribution in [2.75, 3.05) is 0 Å². The average Bonchev–Trinajstić information content (AvgIpc) is 2.58. The van der Waals surface area contributed by atoms with Gasteiger partial charge < -0.3 is 19.4 Å². The Bertz CT molecular complexity index is 233. The number of aldehydes is 1. The SMILES string of the molecule is C[C@H](O)[C@@H]1OC2(CCCCC2)O[C@@H]1C=O. The zero-order valence-electron chi connectivity index (χ0n) is 9.02. The molecule has 1 N–H and O–H groups in total. The summed E-state index contributed by atoms with van der Waals surface area (Å²) < 4.78 is 11.4. The highest BCUT2D eigenvalue weighted by Crippen LogP contribution is 2.40. The van der Waals surface area contributed by atoms with E-state index in [2.05, 4.69) is 0 Å². The average molecular weight is 214 g/mol. The summed E-state index contributed by atoms with van der Waals surface area (Å²) >= 11 is 0. The summed E-state index contributed by atoms with van der Waals surface area (Å²) in [7, 11) is 0. The van der Waals surface area contributed by atoms with Gasteiger partial charge in [-0.1, -0.05) is 6.42 Å². The summed E-state index contributed by atoms with van der Waals surface area (Å²) in [5.41, 5.74) is 0. The quantitative estimate of drug-likeness (QED) is 0.697. The summed E-state index contributed by atoms with van der Waals surface area (Å²) in [4.78, 5) is 10.8. The van der Waals surface area contributed by atoms with Crippen molar-refractivity contribution in [2.45, 2.75) is 63.1 Å². The maximum atomic E-state index is 10.8. The smallest absolute Gasteiger partial charge is 0.170 e. The predicted octanol–water partition coefficient (Wildman–Crippen LogP) is 1.01. The first-order chi connectivity index (χ1) is 7.17. The van der Waals surface area contributed by atoms with Crippen LogP contribution in [-0.2, 0) is 14.3 Å². The molecule has 1 aliphatic heterocycles. The lowest BCUT2D eigenvalue weighted by molar-refractivity contribution is -0.198. The van der Waals surface area contributed by atoms with E-state index in [4.69, 9.17) is 9.47 Å². The van der Waals surface area contributed by atoms with Crippen LogP contribution in [0.2, 0.25) is 0 Å². The molecule has 0 unspecified atom stereocenters. The Labute approximate surface area is 89.6 Å². The third kappa shape index (κ3) is 2.07. The van der Waals surface area contributed by atoms with E-state index in [1.54, 1.807) is 6.92 Å². The van der Waals surface area contributed by atoms with Crippen LogP contribution in [0.1, 0.15) is 39.0 Å². The summed E-state index contributed by atoms with van der Waals surface area (Å²) in [6.45, 7) is 1.63. The van der Waals surface area contributed by atoms with Crippen molar-refractivity contribution in [1.29, 1.82) is 0 Å². The van der Waals surface area contributed by atoms with E-state index in [0.29, 0.717) is 0 Å². The molecule has 1 saturated heterocycles. The first-order valence-corrected chi connectivity index (χ1v) is 5.66.